The van der Waals surface area contributed by atoms with Gasteiger partial charge in [-0.25, -0.2) is 9.67 Å². The molecule has 0 fully saturated rings. The molecule has 7 nitrogen and oxygen atoms in total. The van der Waals surface area contributed by atoms with Gasteiger partial charge in [-0.15, -0.1) is 0 Å². The molecule has 1 unspecified atom stereocenters. The topological polar surface area (TPSA) is 81.8 Å². The number of fused-ring (bicyclic) bond motifs is 2. The molecular formula is C20H23N5O2S. The van der Waals surface area contributed by atoms with Crippen LogP contribution < -0.4 is 10.9 Å². The first kappa shape index (κ1) is 18.7. The average Bonchev–Trinajstić information content (AvgIpc) is 3.18. The molecule has 1 atom stereocenters. The molecule has 8 heteroatoms. The Morgan fingerprint density at radius 2 is 2.14 bits per heavy atom. The van der Waals surface area contributed by atoms with Gasteiger partial charge in [-0.2, -0.15) is 5.10 Å². The minimum Gasteiger partial charge on any atom is -0.351 e. The van der Waals surface area contributed by atoms with Gasteiger partial charge >= 0.3 is 0 Å². The van der Waals surface area contributed by atoms with Gasteiger partial charge in [0.25, 0.3) is 5.56 Å². The van der Waals surface area contributed by atoms with Gasteiger partial charge in [-0.3, -0.25) is 14.2 Å². The van der Waals surface area contributed by atoms with Gasteiger partial charge in [-0.1, -0.05) is 23.9 Å². The number of thioether (sulfide) groups is 1. The van der Waals surface area contributed by atoms with Gasteiger partial charge in [-0.05, 0) is 45.4 Å². The van der Waals surface area contributed by atoms with Crippen molar-refractivity contribution in [3.05, 3.63) is 46.4 Å². The fourth-order valence-corrected chi connectivity index (χ4v) is 4.54. The molecule has 4 rings (SSSR count). The summed E-state index contributed by atoms with van der Waals surface area (Å²) in [5.41, 5.74) is 2.09. The normalized spacial score (nSPS) is 16.4. The fraction of sp³-hybridized carbons (Fsp3) is 0.400. The van der Waals surface area contributed by atoms with Gasteiger partial charge in [0.2, 0.25) is 5.91 Å². The summed E-state index contributed by atoms with van der Waals surface area (Å²) in [7, 11) is 0. The largest absolute Gasteiger partial charge is 0.351 e. The van der Waals surface area contributed by atoms with Crippen molar-refractivity contribution in [1.29, 1.82) is 0 Å². The SMILES string of the molecule is Cc1cccc(-n2ncc3c(=O)n4c(nc32)SCC4CC(=O)NC(C)(C)C)c1. The Labute approximate surface area is 167 Å². The summed E-state index contributed by atoms with van der Waals surface area (Å²) < 4.78 is 3.35. The van der Waals surface area contributed by atoms with Crippen molar-refractivity contribution >= 4 is 28.7 Å². The zero-order valence-electron chi connectivity index (χ0n) is 16.4. The Balaban J connectivity index is 1.72. The van der Waals surface area contributed by atoms with E-state index in [1.165, 1.54) is 11.8 Å². The zero-order valence-corrected chi connectivity index (χ0v) is 17.2. The number of nitrogens with one attached hydrogen (secondary N) is 1. The molecule has 1 aliphatic rings. The van der Waals surface area contributed by atoms with Gasteiger partial charge in [0.1, 0.15) is 5.39 Å². The lowest BCUT2D eigenvalue weighted by Crippen LogP contribution is -2.42. The lowest BCUT2D eigenvalue weighted by Gasteiger charge is -2.22. The Morgan fingerprint density at radius 1 is 1.36 bits per heavy atom. The zero-order chi connectivity index (χ0) is 20.1. The highest BCUT2D eigenvalue weighted by Crippen LogP contribution is 2.33. The van der Waals surface area contributed by atoms with Crippen molar-refractivity contribution in [3.8, 4) is 5.69 Å². The first-order chi connectivity index (χ1) is 13.2. The van der Waals surface area contributed by atoms with Crippen LogP contribution >= 0.6 is 11.8 Å². The molecule has 0 saturated carbocycles. The number of amides is 1. The fourth-order valence-electron chi connectivity index (χ4n) is 3.41. The molecule has 0 saturated heterocycles. The molecule has 1 amide bonds. The maximum Gasteiger partial charge on any atom is 0.265 e. The molecule has 0 aliphatic carbocycles. The summed E-state index contributed by atoms with van der Waals surface area (Å²) in [4.78, 5) is 30.2. The number of carbonyl (C=O) groups excluding carboxylic acids is 1. The highest BCUT2D eigenvalue weighted by molar-refractivity contribution is 7.99. The molecule has 0 bridgehead atoms. The maximum absolute atomic E-state index is 13.1. The third-order valence-electron chi connectivity index (χ3n) is 4.55. The van der Waals surface area contributed by atoms with Crippen LogP contribution in [0.1, 0.15) is 38.8 Å². The molecule has 0 spiro atoms. The highest BCUT2D eigenvalue weighted by atomic mass is 32.2. The van der Waals surface area contributed by atoms with E-state index in [2.05, 4.69) is 10.4 Å². The van der Waals surface area contributed by atoms with Crippen LogP contribution in [0.3, 0.4) is 0 Å². The third-order valence-corrected chi connectivity index (χ3v) is 5.65. The smallest absolute Gasteiger partial charge is 0.265 e. The van der Waals surface area contributed by atoms with E-state index in [0.29, 0.717) is 21.9 Å². The summed E-state index contributed by atoms with van der Waals surface area (Å²) in [6.45, 7) is 7.84. The van der Waals surface area contributed by atoms with Crippen molar-refractivity contribution in [3.63, 3.8) is 0 Å². The average molecular weight is 398 g/mol. The van der Waals surface area contributed by atoms with E-state index in [1.807, 2.05) is 52.0 Å². The summed E-state index contributed by atoms with van der Waals surface area (Å²) in [5.74, 6) is 0.595. The molecular weight excluding hydrogens is 374 g/mol. The van der Waals surface area contributed by atoms with Crippen LogP contribution in [0.15, 0.2) is 40.4 Å². The van der Waals surface area contributed by atoms with Crippen LogP contribution in [-0.2, 0) is 4.79 Å². The van der Waals surface area contributed by atoms with Gasteiger partial charge in [0.15, 0.2) is 10.8 Å². The van der Waals surface area contributed by atoms with Crippen LogP contribution in [-0.4, -0.2) is 36.5 Å². The van der Waals surface area contributed by atoms with Crippen LogP contribution in [0.25, 0.3) is 16.7 Å². The molecule has 28 heavy (non-hydrogen) atoms. The van der Waals surface area contributed by atoms with E-state index in [1.54, 1.807) is 15.4 Å². The molecule has 146 valence electrons. The summed E-state index contributed by atoms with van der Waals surface area (Å²) in [5, 5.41) is 8.46. The van der Waals surface area contributed by atoms with E-state index in [-0.39, 0.29) is 29.5 Å². The van der Waals surface area contributed by atoms with E-state index in [0.717, 1.165) is 11.3 Å². The Kier molecular flexibility index (Phi) is 4.53. The maximum atomic E-state index is 13.1. The van der Waals surface area contributed by atoms with E-state index >= 15 is 0 Å². The first-order valence-electron chi connectivity index (χ1n) is 9.24. The van der Waals surface area contributed by atoms with E-state index in [4.69, 9.17) is 4.98 Å². The van der Waals surface area contributed by atoms with E-state index in [9.17, 15) is 9.59 Å². The van der Waals surface area contributed by atoms with Crippen molar-refractivity contribution in [2.24, 2.45) is 0 Å². The number of rotatable bonds is 3. The lowest BCUT2D eigenvalue weighted by molar-refractivity contribution is -0.123. The molecule has 2 aromatic heterocycles. The lowest BCUT2D eigenvalue weighted by atomic mass is 10.1. The molecule has 1 aliphatic heterocycles. The van der Waals surface area contributed by atoms with Crippen LogP contribution in [0.4, 0.5) is 0 Å². The number of aryl methyl sites for hydroxylation is 1. The van der Waals surface area contributed by atoms with Gasteiger partial charge < -0.3 is 5.32 Å². The summed E-state index contributed by atoms with van der Waals surface area (Å²) in [6, 6.07) is 7.72. The predicted octanol–water partition coefficient (Wildman–Crippen LogP) is 2.84. The third kappa shape index (κ3) is 3.44. The predicted molar refractivity (Wildman–Crippen MR) is 110 cm³/mol. The quantitative estimate of drug-likeness (QED) is 0.687. The van der Waals surface area contributed by atoms with Crippen LogP contribution in [0.2, 0.25) is 0 Å². The number of benzene rings is 1. The summed E-state index contributed by atoms with van der Waals surface area (Å²) >= 11 is 1.51. The first-order valence-corrected chi connectivity index (χ1v) is 10.2. The Hall–Kier alpha value is -2.61. The van der Waals surface area contributed by atoms with Gasteiger partial charge in [0, 0.05) is 17.7 Å². The molecule has 3 aromatic rings. The summed E-state index contributed by atoms with van der Waals surface area (Å²) in [6.07, 6.45) is 1.83. The van der Waals surface area contributed by atoms with Crippen molar-refractivity contribution in [2.45, 2.75) is 50.9 Å². The van der Waals surface area contributed by atoms with Crippen LogP contribution in [0, 0.1) is 6.92 Å². The molecule has 1 aromatic carbocycles. The number of hydrogen-bond acceptors (Lipinski definition) is 5. The van der Waals surface area contributed by atoms with Crippen molar-refractivity contribution in [1.82, 2.24) is 24.6 Å². The molecule has 0 radical (unpaired) electrons. The van der Waals surface area contributed by atoms with Crippen molar-refractivity contribution < 1.29 is 4.79 Å². The number of hydrogen-bond donors (Lipinski definition) is 1. The molecule has 1 N–H and O–H groups in total. The second-order valence-corrected chi connectivity index (χ2v) is 9.16. The van der Waals surface area contributed by atoms with Crippen molar-refractivity contribution in [2.75, 3.05) is 5.75 Å². The van der Waals surface area contributed by atoms with Crippen LogP contribution in [0.5, 0.6) is 0 Å². The monoisotopic (exact) mass is 397 g/mol. The van der Waals surface area contributed by atoms with E-state index < -0.39 is 0 Å². The number of carbonyl (C=O) groups is 1. The minimum atomic E-state index is -0.298. The minimum absolute atomic E-state index is 0.0617. The number of aromatic nitrogens is 4. The molecule has 3 heterocycles. The standard InChI is InChI=1S/C20H23N5O2S/c1-12-6-5-7-13(8-12)25-17-15(10-21-25)18(27)24-14(11-28-19(24)22-17)9-16(26)23-20(2,3)4/h5-8,10,14H,9,11H2,1-4H3,(H,23,26). The second kappa shape index (κ2) is 6.77. The Morgan fingerprint density at radius 3 is 2.86 bits per heavy atom. The second-order valence-electron chi connectivity index (χ2n) is 8.17. The Bertz CT molecular complexity index is 1130. The highest BCUT2D eigenvalue weighted by Gasteiger charge is 2.30. The number of nitrogens with zero attached hydrogens (tertiary/aromatic N) is 4. The van der Waals surface area contributed by atoms with Gasteiger partial charge in [0.05, 0.1) is 17.9 Å².